The Bertz CT molecular complexity index is 645. The van der Waals surface area contributed by atoms with E-state index < -0.39 is 0 Å². The third kappa shape index (κ3) is 5.85. The molecule has 0 radical (unpaired) electrons. The first-order valence-electron chi connectivity index (χ1n) is 8.31. The molecule has 3 N–H and O–H groups in total. The van der Waals surface area contributed by atoms with Gasteiger partial charge in [0.1, 0.15) is 10.8 Å². The molecular formula is C18H26N4OS. The second kappa shape index (κ2) is 9.27. The van der Waals surface area contributed by atoms with Crippen LogP contribution in [0.5, 0.6) is 5.75 Å². The third-order valence-corrected chi connectivity index (χ3v) is 4.72. The molecule has 0 unspecified atom stereocenters. The van der Waals surface area contributed by atoms with Crippen LogP contribution in [0.25, 0.3) is 0 Å². The van der Waals surface area contributed by atoms with Crippen molar-refractivity contribution in [3.05, 3.63) is 45.4 Å². The maximum absolute atomic E-state index is 9.29. The summed E-state index contributed by atoms with van der Waals surface area (Å²) in [6.07, 6.45) is 1.97. The molecule has 2 aromatic rings. The van der Waals surface area contributed by atoms with Crippen molar-refractivity contribution in [1.82, 2.24) is 15.6 Å². The number of benzene rings is 1. The van der Waals surface area contributed by atoms with Crippen LogP contribution in [0.4, 0.5) is 0 Å². The molecule has 0 aliphatic heterocycles. The van der Waals surface area contributed by atoms with Gasteiger partial charge in [0.15, 0.2) is 5.96 Å². The Morgan fingerprint density at radius 3 is 2.58 bits per heavy atom. The first-order valence-corrected chi connectivity index (χ1v) is 9.13. The van der Waals surface area contributed by atoms with Crippen LogP contribution in [0, 0.1) is 13.8 Å². The highest BCUT2D eigenvalue weighted by Crippen LogP contribution is 2.17. The predicted molar refractivity (Wildman–Crippen MR) is 101 cm³/mol. The molecule has 5 nitrogen and oxygen atoms in total. The van der Waals surface area contributed by atoms with E-state index in [0.29, 0.717) is 12.3 Å². The van der Waals surface area contributed by atoms with E-state index in [2.05, 4.69) is 34.5 Å². The van der Waals surface area contributed by atoms with Gasteiger partial charge < -0.3 is 15.7 Å². The average molecular weight is 347 g/mol. The van der Waals surface area contributed by atoms with Crippen LogP contribution < -0.4 is 10.6 Å². The number of aryl methyl sites for hydroxylation is 3. The predicted octanol–water partition coefficient (Wildman–Crippen LogP) is 3.15. The number of aromatic nitrogens is 1. The van der Waals surface area contributed by atoms with Crippen LogP contribution >= 0.6 is 11.3 Å². The highest BCUT2D eigenvalue weighted by Gasteiger charge is 2.04. The summed E-state index contributed by atoms with van der Waals surface area (Å²) < 4.78 is 0. The maximum Gasteiger partial charge on any atom is 0.191 e. The molecule has 0 fully saturated rings. The second-order valence-electron chi connectivity index (χ2n) is 5.64. The van der Waals surface area contributed by atoms with Crippen LogP contribution in [0.2, 0.25) is 0 Å². The van der Waals surface area contributed by atoms with Crippen LogP contribution in [-0.4, -0.2) is 29.1 Å². The zero-order valence-electron chi connectivity index (χ0n) is 14.6. The number of phenols is 1. The summed E-state index contributed by atoms with van der Waals surface area (Å²) >= 11 is 1.71. The number of nitrogens with zero attached hydrogens (tertiary/aromatic N) is 2. The summed E-state index contributed by atoms with van der Waals surface area (Å²) in [6.45, 7) is 8.47. The lowest BCUT2D eigenvalue weighted by molar-refractivity contribution is 0.475. The SMILES string of the molecule is CCNC(=NCc1nc(C)c(C)s1)NCCCc1ccc(O)cc1. The molecule has 0 saturated carbocycles. The average Bonchev–Trinajstić information content (AvgIpc) is 2.89. The van der Waals surface area contributed by atoms with Gasteiger partial charge in [0, 0.05) is 18.0 Å². The molecular weight excluding hydrogens is 320 g/mol. The van der Waals surface area contributed by atoms with Gasteiger partial charge in [-0.2, -0.15) is 0 Å². The Morgan fingerprint density at radius 2 is 1.96 bits per heavy atom. The fourth-order valence-electron chi connectivity index (χ4n) is 2.26. The molecule has 0 aliphatic rings. The zero-order valence-corrected chi connectivity index (χ0v) is 15.4. The number of hydrogen-bond donors (Lipinski definition) is 3. The number of guanidine groups is 1. The molecule has 0 bridgehead atoms. The van der Waals surface area contributed by atoms with E-state index in [4.69, 9.17) is 0 Å². The van der Waals surface area contributed by atoms with Crippen molar-refractivity contribution >= 4 is 17.3 Å². The molecule has 0 amide bonds. The highest BCUT2D eigenvalue weighted by atomic mass is 32.1. The minimum Gasteiger partial charge on any atom is -0.508 e. The largest absolute Gasteiger partial charge is 0.508 e. The maximum atomic E-state index is 9.29. The molecule has 0 spiro atoms. The van der Waals surface area contributed by atoms with E-state index in [-0.39, 0.29) is 0 Å². The van der Waals surface area contributed by atoms with Crippen LogP contribution in [0.3, 0.4) is 0 Å². The summed E-state index contributed by atoms with van der Waals surface area (Å²) in [4.78, 5) is 10.4. The van der Waals surface area contributed by atoms with Crippen molar-refractivity contribution < 1.29 is 5.11 Å². The van der Waals surface area contributed by atoms with Crippen molar-refractivity contribution in [2.24, 2.45) is 4.99 Å². The van der Waals surface area contributed by atoms with Gasteiger partial charge in [0.05, 0.1) is 12.2 Å². The van der Waals surface area contributed by atoms with Crippen LogP contribution in [-0.2, 0) is 13.0 Å². The molecule has 0 aliphatic carbocycles. The van der Waals surface area contributed by atoms with Crippen LogP contribution in [0.15, 0.2) is 29.3 Å². The first-order chi connectivity index (χ1) is 11.6. The van der Waals surface area contributed by atoms with Crippen molar-refractivity contribution in [3.8, 4) is 5.75 Å². The van der Waals surface area contributed by atoms with Gasteiger partial charge in [-0.3, -0.25) is 0 Å². The molecule has 1 heterocycles. The summed E-state index contributed by atoms with van der Waals surface area (Å²) in [5, 5.41) is 17.0. The van der Waals surface area contributed by atoms with Crippen molar-refractivity contribution in [2.75, 3.05) is 13.1 Å². The van der Waals surface area contributed by atoms with Gasteiger partial charge in [0.2, 0.25) is 0 Å². The molecule has 1 aromatic heterocycles. The number of rotatable bonds is 7. The Morgan fingerprint density at radius 1 is 1.21 bits per heavy atom. The van der Waals surface area contributed by atoms with Gasteiger partial charge in [-0.1, -0.05) is 12.1 Å². The lowest BCUT2D eigenvalue weighted by Crippen LogP contribution is -2.37. The topological polar surface area (TPSA) is 69.5 Å². The molecule has 6 heteroatoms. The van der Waals surface area contributed by atoms with Gasteiger partial charge in [-0.15, -0.1) is 11.3 Å². The Kier molecular flexibility index (Phi) is 7.06. The third-order valence-electron chi connectivity index (χ3n) is 3.66. The fourth-order valence-corrected chi connectivity index (χ4v) is 3.12. The number of phenolic OH excluding ortho intramolecular Hbond substituents is 1. The number of aromatic hydroxyl groups is 1. The molecule has 0 atom stereocenters. The number of aliphatic imine (C=N–C) groups is 1. The summed E-state index contributed by atoms with van der Waals surface area (Å²) in [5.74, 6) is 1.14. The number of hydrogen-bond acceptors (Lipinski definition) is 4. The standard InChI is InChI=1S/C18H26N4OS/c1-4-19-18(21-12-17-22-13(2)14(3)24-17)20-11-5-6-15-7-9-16(23)10-8-15/h7-10,23H,4-6,11-12H2,1-3H3,(H2,19,20,21). The van der Waals surface area contributed by atoms with E-state index in [1.807, 2.05) is 19.1 Å². The minimum absolute atomic E-state index is 0.311. The fraction of sp³-hybridized carbons (Fsp3) is 0.444. The lowest BCUT2D eigenvalue weighted by Gasteiger charge is -2.11. The van der Waals surface area contributed by atoms with Crippen molar-refractivity contribution in [2.45, 2.75) is 40.2 Å². The van der Waals surface area contributed by atoms with E-state index in [9.17, 15) is 5.11 Å². The quantitative estimate of drug-likeness (QED) is 0.409. The van der Waals surface area contributed by atoms with Crippen molar-refractivity contribution in [3.63, 3.8) is 0 Å². The minimum atomic E-state index is 0.311. The van der Waals surface area contributed by atoms with E-state index in [1.54, 1.807) is 23.5 Å². The van der Waals surface area contributed by atoms with Crippen LogP contribution in [0.1, 0.15) is 34.5 Å². The van der Waals surface area contributed by atoms with Gasteiger partial charge >= 0.3 is 0 Å². The summed E-state index contributed by atoms with van der Waals surface area (Å²) in [5.41, 5.74) is 2.32. The second-order valence-corrected chi connectivity index (χ2v) is 6.93. The monoisotopic (exact) mass is 346 g/mol. The summed E-state index contributed by atoms with van der Waals surface area (Å²) in [7, 11) is 0. The van der Waals surface area contributed by atoms with Gasteiger partial charge in [0.25, 0.3) is 0 Å². The molecule has 1 aromatic carbocycles. The molecule has 24 heavy (non-hydrogen) atoms. The van der Waals surface area contributed by atoms with Gasteiger partial charge in [-0.05, 0) is 51.3 Å². The highest BCUT2D eigenvalue weighted by molar-refractivity contribution is 7.11. The van der Waals surface area contributed by atoms with Crippen molar-refractivity contribution in [1.29, 1.82) is 0 Å². The Labute approximate surface area is 147 Å². The smallest absolute Gasteiger partial charge is 0.191 e. The van der Waals surface area contributed by atoms with E-state index >= 15 is 0 Å². The number of thiazole rings is 1. The number of nitrogens with one attached hydrogen (secondary N) is 2. The lowest BCUT2D eigenvalue weighted by atomic mass is 10.1. The summed E-state index contributed by atoms with van der Waals surface area (Å²) in [6, 6.07) is 7.38. The zero-order chi connectivity index (χ0) is 17.4. The first kappa shape index (κ1) is 18.3. The van der Waals surface area contributed by atoms with E-state index in [1.165, 1.54) is 10.4 Å². The molecule has 130 valence electrons. The Hall–Kier alpha value is -2.08. The molecule has 2 rings (SSSR count). The molecule has 0 saturated heterocycles. The van der Waals surface area contributed by atoms with Gasteiger partial charge in [-0.25, -0.2) is 9.98 Å². The Balaban J connectivity index is 1.79. The van der Waals surface area contributed by atoms with E-state index in [0.717, 1.165) is 42.6 Å². The normalized spacial score (nSPS) is 11.5.